The van der Waals surface area contributed by atoms with Crippen molar-refractivity contribution in [2.75, 3.05) is 12.3 Å². The molecule has 0 aliphatic carbocycles. The number of nitrogens with one attached hydrogen (secondary N) is 1. The van der Waals surface area contributed by atoms with Gasteiger partial charge in [-0.3, -0.25) is 9.59 Å². The van der Waals surface area contributed by atoms with Gasteiger partial charge in [-0.05, 0) is 24.1 Å². The SMILES string of the molecule is CCS(=O)(=O)c1ccc(CCC(=O)NCC(C)C(=O)O)cc1. The van der Waals surface area contributed by atoms with Crippen molar-refractivity contribution in [1.82, 2.24) is 5.32 Å². The molecule has 1 aromatic carbocycles. The first-order valence-corrected chi connectivity index (χ1v) is 8.72. The average Bonchev–Trinajstić information content (AvgIpc) is 2.50. The molecule has 1 atom stereocenters. The van der Waals surface area contributed by atoms with Gasteiger partial charge in [0.2, 0.25) is 5.91 Å². The normalized spacial score (nSPS) is 12.6. The predicted molar refractivity (Wildman–Crippen MR) is 82.3 cm³/mol. The minimum absolute atomic E-state index is 0.0521. The molecule has 2 N–H and O–H groups in total. The maximum absolute atomic E-state index is 11.7. The zero-order valence-electron chi connectivity index (χ0n) is 12.7. The van der Waals surface area contributed by atoms with E-state index >= 15 is 0 Å². The molecule has 22 heavy (non-hydrogen) atoms. The number of sulfone groups is 1. The van der Waals surface area contributed by atoms with Gasteiger partial charge in [-0.1, -0.05) is 26.0 Å². The Morgan fingerprint density at radius 2 is 1.82 bits per heavy atom. The third kappa shape index (κ3) is 5.48. The zero-order valence-corrected chi connectivity index (χ0v) is 13.5. The molecule has 122 valence electrons. The topological polar surface area (TPSA) is 101 Å². The molecule has 0 aliphatic heterocycles. The fraction of sp³-hybridized carbons (Fsp3) is 0.467. The lowest BCUT2D eigenvalue weighted by Gasteiger charge is -2.08. The number of hydrogen-bond acceptors (Lipinski definition) is 4. The Morgan fingerprint density at radius 3 is 2.32 bits per heavy atom. The lowest BCUT2D eigenvalue weighted by atomic mass is 10.1. The van der Waals surface area contributed by atoms with Gasteiger partial charge in [0.15, 0.2) is 9.84 Å². The molecule has 6 nitrogen and oxygen atoms in total. The largest absolute Gasteiger partial charge is 0.481 e. The van der Waals surface area contributed by atoms with Crippen molar-refractivity contribution in [2.24, 2.45) is 5.92 Å². The zero-order chi connectivity index (χ0) is 16.8. The molecule has 0 radical (unpaired) electrons. The van der Waals surface area contributed by atoms with Gasteiger partial charge in [0.25, 0.3) is 0 Å². The van der Waals surface area contributed by atoms with Crippen LogP contribution in [-0.2, 0) is 25.8 Å². The van der Waals surface area contributed by atoms with Crippen molar-refractivity contribution < 1.29 is 23.1 Å². The minimum atomic E-state index is -3.21. The molecule has 0 aromatic heterocycles. The molecule has 0 spiro atoms. The Labute approximate surface area is 130 Å². The minimum Gasteiger partial charge on any atom is -0.481 e. The number of carboxylic acids is 1. The molecule has 1 aromatic rings. The predicted octanol–water partition coefficient (Wildman–Crippen LogP) is 1.25. The van der Waals surface area contributed by atoms with Gasteiger partial charge in [0, 0.05) is 13.0 Å². The van der Waals surface area contributed by atoms with Crippen LogP contribution in [0.25, 0.3) is 0 Å². The number of aryl methyl sites for hydroxylation is 1. The van der Waals surface area contributed by atoms with Crippen LogP contribution < -0.4 is 5.32 Å². The third-order valence-electron chi connectivity index (χ3n) is 3.33. The van der Waals surface area contributed by atoms with Crippen LogP contribution in [0.15, 0.2) is 29.2 Å². The molecule has 0 aliphatic rings. The summed E-state index contributed by atoms with van der Waals surface area (Å²) >= 11 is 0. The number of carboxylic acid groups (broad SMARTS) is 1. The van der Waals surface area contributed by atoms with Crippen LogP contribution in [0, 0.1) is 5.92 Å². The summed E-state index contributed by atoms with van der Waals surface area (Å²) in [5.41, 5.74) is 0.858. The fourth-order valence-electron chi connectivity index (χ4n) is 1.73. The van der Waals surface area contributed by atoms with Gasteiger partial charge in [0.05, 0.1) is 16.6 Å². The number of aliphatic carboxylic acids is 1. The first kappa shape index (κ1) is 18.2. The third-order valence-corrected chi connectivity index (χ3v) is 5.08. The molecule has 1 unspecified atom stereocenters. The lowest BCUT2D eigenvalue weighted by molar-refractivity contribution is -0.141. The molecule has 0 bridgehead atoms. The highest BCUT2D eigenvalue weighted by Gasteiger charge is 2.13. The van der Waals surface area contributed by atoms with Gasteiger partial charge in [-0.15, -0.1) is 0 Å². The summed E-state index contributed by atoms with van der Waals surface area (Å²) in [7, 11) is -3.21. The van der Waals surface area contributed by atoms with E-state index in [9.17, 15) is 18.0 Å². The lowest BCUT2D eigenvalue weighted by Crippen LogP contribution is -2.31. The summed E-state index contributed by atoms with van der Waals surface area (Å²) in [6.07, 6.45) is 0.700. The molecule has 0 heterocycles. The molecule has 0 saturated heterocycles. The number of amides is 1. The van der Waals surface area contributed by atoms with Crippen molar-refractivity contribution in [3.05, 3.63) is 29.8 Å². The molecular formula is C15H21NO5S. The van der Waals surface area contributed by atoms with E-state index in [2.05, 4.69) is 5.32 Å². The Bertz CT molecular complexity index is 622. The number of carbonyl (C=O) groups is 2. The van der Waals surface area contributed by atoms with Crippen LogP contribution in [0.3, 0.4) is 0 Å². The van der Waals surface area contributed by atoms with Crippen LogP contribution in [0.2, 0.25) is 0 Å². The summed E-state index contributed by atoms with van der Waals surface area (Å²) in [6, 6.07) is 6.46. The van der Waals surface area contributed by atoms with Crippen molar-refractivity contribution in [2.45, 2.75) is 31.6 Å². The summed E-state index contributed by atoms with van der Waals surface area (Å²) in [4.78, 5) is 22.5. The van der Waals surface area contributed by atoms with Gasteiger partial charge in [-0.25, -0.2) is 8.42 Å². The smallest absolute Gasteiger partial charge is 0.308 e. The summed E-state index contributed by atoms with van der Waals surface area (Å²) in [5, 5.41) is 11.3. The second kappa shape index (κ2) is 7.93. The highest BCUT2D eigenvalue weighted by atomic mass is 32.2. The molecule has 0 saturated carbocycles. The van der Waals surface area contributed by atoms with Gasteiger partial charge in [0.1, 0.15) is 0 Å². The van der Waals surface area contributed by atoms with Crippen molar-refractivity contribution in [3.63, 3.8) is 0 Å². The maximum Gasteiger partial charge on any atom is 0.308 e. The van der Waals surface area contributed by atoms with E-state index in [0.717, 1.165) is 5.56 Å². The maximum atomic E-state index is 11.7. The van der Waals surface area contributed by atoms with Gasteiger partial charge >= 0.3 is 5.97 Å². The van der Waals surface area contributed by atoms with E-state index in [1.54, 1.807) is 31.2 Å². The highest BCUT2D eigenvalue weighted by Crippen LogP contribution is 2.13. The van der Waals surface area contributed by atoms with E-state index in [1.807, 2.05) is 0 Å². The Hall–Kier alpha value is -1.89. The summed E-state index contributed by atoms with van der Waals surface area (Å²) < 4.78 is 23.3. The quantitative estimate of drug-likeness (QED) is 0.748. The van der Waals surface area contributed by atoms with Crippen LogP contribution in [0.4, 0.5) is 0 Å². The Balaban J connectivity index is 2.48. The number of benzene rings is 1. The second-order valence-electron chi connectivity index (χ2n) is 5.09. The van der Waals surface area contributed by atoms with Crippen LogP contribution in [0.5, 0.6) is 0 Å². The van der Waals surface area contributed by atoms with Crippen molar-refractivity contribution in [1.29, 1.82) is 0 Å². The summed E-state index contributed by atoms with van der Waals surface area (Å²) in [6.45, 7) is 3.21. The highest BCUT2D eigenvalue weighted by molar-refractivity contribution is 7.91. The van der Waals surface area contributed by atoms with Gasteiger partial charge in [-0.2, -0.15) is 0 Å². The molecule has 1 amide bonds. The van der Waals surface area contributed by atoms with E-state index in [0.29, 0.717) is 6.42 Å². The Kier molecular flexibility index (Phi) is 6.55. The van der Waals surface area contributed by atoms with Crippen LogP contribution in [0.1, 0.15) is 25.8 Å². The first-order chi connectivity index (χ1) is 10.3. The number of hydrogen-bond donors (Lipinski definition) is 2. The fourth-order valence-corrected chi connectivity index (χ4v) is 2.61. The van der Waals surface area contributed by atoms with Crippen LogP contribution in [-0.4, -0.2) is 37.7 Å². The number of carbonyl (C=O) groups excluding carboxylic acids is 1. The van der Waals surface area contributed by atoms with Crippen molar-refractivity contribution in [3.8, 4) is 0 Å². The van der Waals surface area contributed by atoms with E-state index in [1.165, 1.54) is 6.92 Å². The van der Waals surface area contributed by atoms with E-state index in [4.69, 9.17) is 5.11 Å². The van der Waals surface area contributed by atoms with Crippen LogP contribution >= 0.6 is 0 Å². The monoisotopic (exact) mass is 327 g/mol. The molecule has 0 fully saturated rings. The first-order valence-electron chi connectivity index (χ1n) is 7.07. The molecule has 1 rings (SSSR count). The van der Waals surface area contributed by atoms with E-state index in [-0.39, 0.29) is 29.5 Å². The van der Waals surface area contributed by atoms with Gasteiger partial charge < -0.3 is 10.4 Å². The molecule has 7 heteroatoms. The second-order valence-corrected chi connectivity index (χ2v) is 7.37. The van der Waals surface area contributed by atoms with E-state index < -0.39 is 21.7 Å². The Morgan fingerprint density at radius 1 is 1.23 bits per heavy atom. The van der Waals surface area contributed by atoms with Crippen molar-refractivity contribution >= 4 is 21.7 Å². The average molecular weight is 327 g/mol. The number of rotatable bonds is 8. The molecular weight excluding hydrogens is 306 g/mol. The summed E-state index contributed by atoms with van der Waals surface area (Å²) in [5.74, 6) is -1.75. The standard InChI is InChI=1S/C15H21NO5S/c1-3-22(20,21)13-7-4-12(5-8-13)6-9-14(17)16-10-11(2)15(18)19/h4-5,7-8,11H,3,6,9-10H2,1-2H3,(H,16,17)(H,18,19).